The van der Waals surface area contributed by atoms with Gasteiger partial charge < -0.3 is 5.73 Å². The summed E-state index contributed by atoms with van der Waals surface area (Å²) in [6.45, 7) is 4.47. The minimum atomic E-state index is -0.546. The second kappa shape index (κ2) is 6.13. The molecule has 0 aliphatic carbocycles. The van der Waals surface area contributed by atoms with E-state index < -0.39 is 11.6 Å². The number of hydrogen-bond donors (Lipinski definition) is 1. The molecule has 0 saturated heterocycles. The van der Waals surface area contributed by atoms with Crippen LogP contribution in [0.2, 0.25) is 0 Å². The summed E-state index contributed by atoms with van der Waals surface area (Å²) in [5, 5.41) is 4.45. The third-order valence-electron chi connectivity index (χ3n) is 3.49. The molecule has 0 bridgehead atoms. The van der Waals surface area contributed by atoms with Crippen molar-refractivity contribution in [2.24, 2.45) is 5.73 Å². The number of nitrogens with zero attached hydrogens (tertiary/aromatic N) is 2. The summed E-state index contributed by atoms with van der Waals surface area (Å²) < 4.78 is 29.1. The molecule has 20 heavy (non-hydrogen) atoms. The van der Waals surface area contributed by atoms with Gasteiger partial charge in [0.15, 0.2) is 0 Å². The van der Waals surface area contributed by atoms with Crippen LogP contribution in [0, 0.1) is 11.6 Å². The van der Waals surface area contributed by atoms with Crippen molar-refractivity contribution >= 4 is 0 Å². The van der Waals surface area contributed by atoms with Gasteiger partial charge in [-0.05, 0) is 25.0 Å². The number of hydrogen-bond acceptors (Lipinski definition) is 2. The lowest BCUT2D eigenvalue weighted by atomic mass is 10.1. The summed E-state index contributed by atoms with van der Waals surface area (Å²) >= 11 is 0. The zero-order chi connectivity index (χ0) is 14.7. The Kier molecular flexibility index (Phi) is 4.49. The molecule has 0 atom stereocenters. The maximum absolute atomic E-state index is 13.7. The van der Waals surface area contributed by atoms with Gasteiger partial charge in [-0.2, -0.15) is 5.10 Å². The number of rotatable bonds is 5. The fraction of sp³-hybridized carbons (Fsp3) is 0.400. The molecule has 0 amide bonds. The molecule has 0 fully saturated rings. The van der Waals surface area contributed by atoms with Crippen molar-refractivity contribution in [2.75, 3.05) is 0 Å². The normalized spacial score (nSPS) is 11.1. The molecule has 0 unspecified atom stereocenters. The second-order valence-electron chi connectivity index (χ2n) is 4.64. The summed E-state index contributed by atoms with van der Waals surface area (Å²) in [7, 11) is 0. The first kappa shape index (κ1) is 14.7. The van der Waals surface area contributed by atoms with E-state index in [-0.39, 0.29) is 12.1 Å². The van der Waals surface area contributed by atoms with Crippen LogP contribution in [0.25, 0.3) is 0 Å². The molecule has 0 aliphatic heterocycles. The van der Waals surface area contributed by atoms with E-state index >= 15 is 0 Å². The average molecular weight is 279 g/mol. The molecular weight excluding hydrogens is 260 g/mol. The third kappa shape index (κ3) is 2.58. The molecule has 3 nitrogen and oxygen atoms in total. The molecule has 1 heterocycles. The summed E-state index contributed by atoms with van der Waals surface area (Å²) in [6, 6.07) is 3.89. The topological polar surface area (TPSA) is 43.8 Å². The minimum absolute atomic E-state index is 0.0379. The Bertz CT molecular complexity index is 585. The van der Waals surface area contributed by atoms with Gasteiger partial charge in [-0.1, -0.05) is 19.9 Å². The van der Waals surface area contributed by atoms with Gasteiger partial charge in [0.25, 0.3) is 0 Å². The van der Waals surface area contributed by atoms with Crippen molar-refractivity contribution in [1.29, 1.82) is 0 Å². The van der Waals surface area contributed by atoms with Crippen molar-refractivity contribution in [2.45, 2.75) is 39.8 Å². The van der Waals surface area contributed by atoms with E-state index in [4.69, 9.17) is 5.73 Å². The highest BCUT2D eigenvalue weighted by Crippen LogP contribution is 2.19. The largest absolute Gasteiger partial charge is 0.326 e. The Morgan fingerprint density at radius 3 is 2.25 bits per heavy atom. The Labute approximate surface area is 117 Å². The van der Waals surface area contributed by atoms with Crippen molar-refractivity contribution in [3.05, 3.63) is 52.3 Å². The van der Waals surface area contributed by atoms with Gasteiger partial charge in [-0.15, -0.1) is 0 Å². The molecule has 5 heteroatoms. The van der Waals surface area contributed by atoms with E-state index in [2.05, 4.69) is 5.10 Å². The van der Waals surface area contributed by atoms with Gasteiger partial charge in [-0.3, -0.25) is 4.68 Å². The predicted molar refractivity (Wildman–Crippen MR) is 74.3 cm³/mol. The predicted octanol–water partition coefficient (Wildman–Crippen LogP) is 2.79. The van der Waals surface area contributed by atoms with Crippen LogP contribution in [0.5, 0.6) is 0 Å². The third-order valence-corrected chi connectivity index (χ3v) is 3.49. The highest BCUT2D eigenvalue weighted by Gasteiger charge is 2.17. The molecular formula is C15H19F2N3. The molecule has 1 aromatic carbocycles. The van der Waals surface area contributed by atoms with E-state index in [1.165, 1.54) is 18.2 Å². The van der Waals surface area contributed by atoms with Gasteiger partial charge in [0.2, 0.25) is 0 Å². The lowest BCUT2D eigenvalue weighted by molar-refractivity contribution is 0.525. The highest BCUT2D eigenvalue weighted by molar-refractivity contribution is 5.28. The molecule has 2 aromatic rings. The van der Waals surface area contributed by atoms with Crippen molar-refractivity contribution in [3.8, 4) is 0 Å². The lowest BCUT2D eigenvalue weighted by Crippen LogP contribution is -2.10. The summed E-state index contributed by atoms with van der Waals surface area (Å²) in [5.41, 5.74) is 8.65. The molecule has 2 rings (SSSR count). The molecule has 0 saturated carbocycles. The standard InChI is InChI=1S/C15H19F2N3/c1-3-14-10(8-18)15(4-2)20(19-14)9-11-12(16)6-5-7-13(11)17/h5-7H,3-4,8-9,18H2,1-2H3. The van der Waals surface area contributed by atoms with Gasteiger partial charge >= 0.3 is 0 Å². The van der Waals surface area contributed by atoms with Gasteiger partial charge in [0, 0.05) is 23.4 Å². The zero-order valence-corrected chi connectivity index (χ0v) is 11.8. The molecule has 2 N–H and O–H groups in total. The smallest absolute Gasteiger partial charge is 0.131 e. The Balaban J connectivity index is 2.46. The number of benzene rings is 1. The van der Waals surface area contributed by atoms with Crippen LogP contribution < -0.4 is 5.73 Å². The van der Waals surface area contributed by atoms with E-state index in [1.54, 1.807) is 4.68 Å². The Hall–Kier alpha value is -1.75. The maximum Gasteiger partial charge on any atom is 0.131 e. The van der Waals surface area contributed by atoms with Crippen LogP contribution >= 0.6 is 0 Å². The van der Waals surface area contributed by atoms with Crippen molar-refractivity contribution in [1.82, 2.24) is 9.78 Å². The molecule has 0 radical (unpaired) electrons. The van der Waals surface area contributed by atoms with Crippen LogP contribution in [0.4, 0.5) is 8.78 Å². The van der Waals surface area contributed by atoms with Crippen molar-refractivity contribution in [3.63, 3.8) is 0 Å². The number of nitrogens with two attached hydrogens (primary N) is 1. The summed E-state index contributed by atoms with van der Waals surface area (Å²) in [6.07, 6.45) is 1.49. The first-order chi connectivity index (χ1) is 9.62. The fourth-order valence-corrected chi connectivity index (χ4v) is 2.47. The summed E-state index contributed by atoms with van der Waals surface area (Å²) in [4.78, 5) is 0. The van der Waals surface area contributed by atoms with E-state index in [1.807, 2.05) is 13.8 Å². The zero-order valence-electron chi connectivity index (χ0n) is 11.8. The molecule has 0 aliphatic rings. The van der Waals surface area contributed by atoms with Crippen LogP contribution in [0.1, 0.15) is 36.4 Å². The maximum atomic E-state index is 13.7. The lowest BCUT2D eigenvalue weighted by Gasteiger charge is -2.09. The van der Waals surface area contributed by atoms with E-state index in [0.29, 0.717) is 6.54 Å². The monoisotopic (exact) mass is 279 g/mol. The van der Waals surface area contributed by atoms with Crippen molar-refractivity contribution < 1.29 is 8.78 Å². The Morgan fingerprint density at radius 1 is 1.10 bits per heavy atom. The van der Waals surface area contributed by atoms with Crippen LogP contribution in [0.3, 0.4) is 0 Å². The molecule has 1 aromatic heterocycles. The first-order valence-electron chi connectivity index (χ1n) is 6.82. The Morgan fingerprint density at radius 2 is 1.75 bits per heavy atom. The number of aryl methyl sites for hydroxylation is 1. The first-order valence-corrected chi connectivity index (χ1v) is 6.82. The average Bonchev–Trinajstić information content (AvgIpc) is 2.79. The van der Waals surface area contributed by atoms with Crippen LogP contribution in [-0.2, 0) is 25.9 Å². The van der Waals surface area contributed by atoms with Gasteiger partial charge in [-0.25, -0.2) is 8.78 Å². The molecule has 0 spiro atoms. The molecule has 108 valence electrons. The minimum Gasteiger partial charge on any atom is -0.326 e. The number of aromatic nitrogens is 2. The van der Waals surface area contributed by atoms with Crippen LogP contribution in [0.15, 0.2) is 18.2 Å². The fourth-order valence-electron chi connectivity index (χ4n) is 2.47. The second-order valence-corrected chi connectivity index (χ2v) is 4.64. The summed E-state index contributed by atoms with van der Waals surface area (Å²) in [5.74, 6) is -1.09. The van der Waals surface area contributed by atoms with Gasteiger partial charge in [0.05, 0.1) is 12.2 Å². The SMILES string of the molecule is CCc1nn(Cc2c(F)cccc2F)c(CC)c1CN. The van der Waals surface area contributed by atoms with E-state index in [0.717, 1.165) is 29.8 Å². The van der Waals surface area contributed by atoms with Gasteiger partial charge in [0.1, 0.15) is 11.6 Å². The quantitative estimate of drug-likeness (QED) is 0.914. The van der Waals surface area contributed by atoms with E-state index in [9.17, 15) is 8.78 Å². The van der Waals surface area contributed by atoms with Crippen LogP contribution in [-0.4, -0.2) is 9.78 Å². The number of halogens is 2. The highest BCUT2D eigenvalue weighted by atomic mass is 19.1.